The first-order chi connectivity index (χ1) is 9.49. The molecule has 0 spiro atoms. The minimum absolute atomic E-state index is 0.00814. The first-order valence-electron chi connectivity index (χ1n) is 7.45. The van der Waals surface area contributed by atoms with Crippen molar-refractivity contribution in [2.24, 2.45) is 0 Å². The van der Waals surface area contributed by atoms with Crippen LogP contribution in [0.15, 0.2) is 18.3 Å². The number of nitrogens with zero attached hydrogens (tertiary/aromatic N) is 2. The standard InChI is InChI=1S/C16H25N3O/c1-13-7-8-14(11-17-13)15(20)18-12-16(2,3)19-9-5-4-6-10-19/h7-8,11H,4-6,9-10,12H2,1-3H3,(H,18,20). The van der Waals surface area contributed by atoms with Crippen molar-refractivity contribution in [1.82, 2.24) is 15.2 Å². The summed E-state index contributed by atoms with van der Waals surface area (Å²) in [5.41, 5.74) is 1.56. The lowest BCUT2D eigenvalue weighted by molar-refractivity contribution is 0.0797. The number of rotatable bonds is 4. The molecule has 110 valence electrons. The molecule has 1 fully saturated rings. The van der Waals surface area contributed by atoms with Crippen molar-refractivity contribution in [3.8, 4) is 0 Å². The maximum absolute atomic E-state index is 12.1. The number of nitrogens with one attached hydrogen (secondary N) is 1. The topological polar surface area (TPSA) is 45.2 Å². The summed E-state index contributed by atoms with van der Waals surface area (Å²) in [6.45, 7) is 9.25. The normalized spacial score (nSPS) is 16.9. The molecule has 0 radical (unpaired) electrons. The van der Waals surface area contributed by atoms with Crippen LogP contribution in [0.4, 0.5) is 0 Å². The van der Waals surface area contributed by atoms with E-state index in [0.29, 0.717) is 12.1 Å². The Morgan fingerprint density at radius 2 is 2.00 bits per heavy atom. The Hall–Kier alpha value is -1.42. The number of aryl methyl sites for hydroxylation is 1. The van der Waals surface area contributed by atoms with Gasteiger partial charge in [-0.25, -0.2) is 0 Å². The van der Waals surface area contributed by atoms with Gasteiger partial charge in [-0.2, -0.15) is 0 Å². The second kappa shape index (κ2) is 6.35. The molecule has 1 aromatic heterocycles. The smallest absolute Gasteiger partial charge is 0.252 e. The average Bonchev–Trinajstić information content (AvgIpc) is 2.46. The van der Waals surface area contributed by atoms with E-state index >= 15 is 0 Å². The van der Waals surface area contributed by atoms with E-state index in [9.17, 15) is 4.79 Å². The average molecular weight is 275 g/mol. The van der Waals surface area contributed by atoms with E-state index in [1.165, 1.54) is 19.3 Å². The Kier molecular flexibility index (Phi) is 4.76. The van der Waals surface area contributed by atoms with E-state index in [0.717, 1.165) is 18.8 Å². The van der Waals surface area contributed by atoms with Crippen molar-refractivity contribution in [2.75, 3.05) is 19.6 Å². The van der Waals surface area contributed by atoms with E-state index in [2.05, 4.69) is 29.0 Å². The molecule has 1 aliphatic heterocycles. The summed E-state index contributed by atoms with van der Waals surface area (Å²) in [6, 6.07) is 3.69. The van der Waals surface area contributed by atoms with Crippen molar-refractivity contribution >= 4 is 5.91 Å². The van der Waals surface area contributed by atoms with Crippen LogP contribution in [0, 0.1) is 6.92 Å². The molecule has 0 saturated carbocycles. The molecular formula is C16H25N3O. The number of piperidine rings is 1. The van der Waals surface area contributed by atoms with Crippen LogP contribution in [-0.4, -0.2) is 41.0 Å². The Labute approximate surface area is 121 Å². The number of likely N-dealkylation sites (tertiary alicyclic amines) is 1. The van der Waals surface area contributed by atoms with Crippen LogP contribution in [0.1, 0.15) is 49.2 Å². The van der Waals surface area contributed by atoms with Gasteiger partial charge >= 0.3 is 0 Å². The summed E-state index contributed by atoms with van der Waals surface area (Å²) in [5.74, 6) is -0.0393. The van der Waals surface area contributed by atoms with Gasteiger partial charge in [-0.1, -0.05) is 6.42 Å². The third-order valence-corrected chi connectivity index (χ3v) is 4.07. The molecule has 1 N–H and O–H groups in total. The van der Waals surface area contributed by atoms with Crippen LogP contribution in [0.3, 0.4) is 0 Å². The van der Waals surface area contributed by atoms with Crippen molar-refractivity contribution in [3.05, 3.63) is 29.6 Å². The number of aromatic nitrogens is 1. The highest BCUT2D eigenvalue weighted by atomic mass is 16.1. The Balaban J connectivity index is 1.90. The largest absolute Gasteiger partial charge is 0.350 e. The monoisotopic (exact) mass is 275 g/mol. The molecule has 0 aromatic carbocycles. The van der Waals surface area contributed by atoms with E-state index < -0.39 is 0 Å². The quantitative estimate of drug-likeness (QED) is 0.917. The van der Waals surface area contributed by atoms with Gasteiger partial charge in [0.05, 0.1) is 5.56 Å². The number of hydrogen-bond donors (Lipinski definition) is 1. The van der Waals surface area contributed by atoms with Gasteiger partial charge < -0.3 is 5.32 Å². The van der Waals surface area contributed by atoms with Gasteiger partial charge in [0, 0.05) is 24.0 Å². The molecule has 4 heteroatoms. The van der Waals surface area contributed by atoms with Crippen LogP contribution >= 0.6 is 0 Å². The first kappa shape index (κ1) is 15.0. The predicted octanol–water partition coefficient (Wildman–Crippen LogP) is 2.38. The van der Waals surface area contributed by atoms with Crippen molar-refractivity contribution in [3.63, 3.8) is 0 Å². The van der Waals surface area contributed by atoms with Crippen LogP contribution in [-0.2, 0) is 0 Å². The van der Waals surface area contributed by atoms with Gasteiger partial charge in [0.1, 0.15) is 0 Å². The number of hydrogen-bond acceptors (Lipinski definition) is 3. The fraction of sp³-hybridized carbons (Fsp3) is 0.625. The van der Waals surface area contributed by atoms with Gasteiger partial charge in [-0.15, -0.1) is 0 Å². The molecule has 1 aromatic rings. The lowest BCUT2D eigenvalue weighted by atomic mass is 9.98. The third kappa shape index (κ3) is 3.79. The molecule has 2 rings (SSSR count). The molecule has 2 heterocycles. The minimum Gasteiger partial charge on any atom is -0.350 e. The van der Waals surface area contributed by atoms with Gasteiger partial charge in [-0.3, -0.25) is 14.7 Å². The fourth-order valence-corrected chi connectivity index (χ4v) is 2.61. The molecule has 1 amide bonds. The number of amides is 1. The van der Waals surface area contributed by atoms with Crippen molar-refractivity contribution in [1.29, 1.82) is 0 Å². The zero-order chi connectivity index (χ0) is 14.6. The van der Waals surface area contributed by atoms with E-state index in [1.54, 1.807) is 6.20 Å². The summed E-state index contributed by atoms with van der Waals surface area (Å²) in [6.07, 6.45) is 5.49. The van der Waals surface area contributed by atoms with Crippen LogP contribution in [0.5, 0.6) is 0 Å². The molecule has 0 atom stereocenters. The Morgan fingerprint density at radius 3 is 2.60 bits per heavy atom. The van der Waals surface area contributed by atoms with Gasteiger partial charge in [0.25, 0.3) is 5.91 Å². The van der Waals surface area contributed by atoms with Crippen LogP contribution in [0.25, 0.3) is 0 Å². The highest BCUT2D eigenvalue weighted by Crippen LogP contribution is 2.19. The van der Waals surface area contributed by atoms with Crippen LogP contribution in [0.2, 0.25) is 0 Å². The molecule has 0 aliphatic carbocycles. The predicted molar refractivity (Wildman–Crippen MR) is 80.8 cm³/mol. The highest BCUT2D eigenvalue weighted by Gasteiger charge is 2.28. The van der Waals surface area contributed by atoms with Gasteiger partial charge in [-0.05, 0) is 58.8 Å². The molecule has 4 nitrogen and oxygen atoms in total. The number of carbonyl (C=O) groups excluding carboxylic acids is 1. The second-order valence-corrected chi connectivity index (χ2v) is 6.23. The highest BCUT2D eigenvalue weighted by molar-refractivity contribution is 5.93. The molecular weight excluding hydrogens is 250 g/mol. The van der Waals surface area contributed by atoms with Crippen LogP contribution < -0.4 is 5.32 Å². The molecule has 0 bridgehead atoms. The molecule has 20 heavy (non-hydrogen) atoms. The molecule has 1 aliphatic rings. The summed E-state index contributed by atoms with van der Waals surface area (Å²) >= 11 is 0. The summed E-state index contributed by atoms with van der Waals surface area (Å²) in [4.78, 5) is 18.8. The van der Waals surface area contributed by atoms with E-state index in [4.69, 9.17) is 0 Å². The maximum atomic E-state index is 12.1. The van der Waals surface area contributed by atoms with Crippen molar-refractivity contribution in [2.45, 2.75) is 45.6 Å². The van der Waals surface area contributed by atoms with Crippen molar-refractivity contribution < 1.29 is 4.79 Å². The van der Waals surface area contributed by atoms with Gasteiger partial charge in [0.2, 0.25) is 0 Å². The van der Waals surface area contributed by atoms with E-state index in [-0.39, 0.29) is 11.4 Å². The lowest BCUT2D eigenvalue weighted by Gasteiger charge is -2.41. The molecule has 0 unspecified atom stereocenters. The lowest BCUT2D eigenvalue weighted by Crippen LogP contribution is -2.53. The summed E-state index contributed by atoms with van der Waals surface area (Å²) < 4.78 is 0. The van der Waals surface area contributed by atoms with E-state index in [1.807, 2.05) is 19.1 Å². The zero-order valence-electron chi connectivity index (χ0n) is 12.8. The first-order valence-corrected chi connectivity index (χ1v) is 7.45. The zero-order valence-corrected chi connectivity index (χ0v) is 12.8. The Morgan fingerprint density at radius 1 is 1.30 bits per heavy atom. The summed E-state index contributed by atoms with van der Waals surface area (Å²) in [5, 5.41) is 3.04. The molecule has 1 saturated heterocycles. The summed E-state index contributed by atoms with van der Waals surface area (Å²) in [7, 11) is 0. The second-order valence-electron chi connectivity index (χ2n) is 6.23. The third-order valence-electron chi connectivity index (χ3n) is 4.07. The van der Waals surface area contributed by atoms with Gasteiger partial charge in [0.15, 0.2) is 0 Å². The minimum atomic E-state index is -0.0393. The fourth-order valence-electron chi connectivity index (χ4n) is 2.61. The number of pyridine rings is 1. The Bertz CT molecular complexity index is 447. The SMILES string of the molecule is Cc1ccc(C(=O)NCC(C)(C)N2CCCCC2)cn1. The number of carbonyl (C=O) groups is 1. The maximum Gasteiger partial charge on any atom is 0.252 e.